The Bertz CT molecular complexity index is 679. The van der Waals surface area contributed by atoms with Crippen molar-refractivity contribution < 1.29 is 14.7 Å². The first kappa shape index (κ1) is 15.1. The zero-order chi connectivity index (χ0) is 15.6. The van der Waals surface area contributed by atoms with Crippen molar-refractivity contribution in [3.05, 3.63) is 52.3 Å². The van der Waals surface area contributed by atoms with Crippen LogP contribution in [0.4, 0.5) is 0 Å². The maximum absolute atomic E-state index is 11.6. The third kappa shape index (κ3) is 3.05. The molecule has 2 N–H and O–H groups in total. The summed E-state index contributed by atoms with van der Waals surface area (Å²) in [5.74, 6) is -1.57. The highest BCUT2D eigenvalue weighted by Gasteiger charge is 2.22. The monoisotopic (exact) mass is 307 g/mol. The first-order valence-corrected chi connectivity index (χ1v) is 6.62. The predicted octanol–water partition coefficient (Wildman–Crippen LogP) is 2.20. The molecule has 1 amide bonds. The summed E-state index contributed by atoms with van der Waals surface area (Å²) in [6.45, 7) is 1.80. The second-order valence-corrected chi connectivity index (χ2v) is 4.91. The van der Waals surface area contributed by atoms with Crippen molar-refractivity contribution in [2.24, 2.45) is 0 Å². The number of aromatic carboxylic acids is 1. The summed E-state index contributed by atoms with van der Waals surface area (Å²) < 4.78 is 1.32. The Hall–Kier alpha value is -2.34. The molecule has 0 saturated heterocycles. The summed E-state index contributed by atoms with van der Waals surface area (Å²) in [5, 5.41) is 16.4. The Morgan fingerprint density at radius 1 is 1.33 bits per heavy atom. The smallest absolute Gasteiger partial charge is 0.354 e. The van der Waals surface area contributed by atoms with Crippen LogP contribution in [0.1, 0.15) is 39.5 Å². The number of carbonyl (C=O) groups is 2. The van der Waals surface area contributed by atoms with Crippen molar-refractivity contribution in [1.82, 2.24) is 15.1 Å². The number of hydrogen-bond acceptors (Lipinski definition) is 3. The minimum absolute atomic E-state index is 0.0453. The van der Waals surface area contributed by atoms with Gasteiger partial charge in [-0.2, -0.15) is 5.10 Å². The molecular formula is C14H14ClN3O3. The third-order valence-corrected chi connectivity index (χ3v) is 3.39. The van der Waals surface area contributed by atoms with Crippen molar-refractivity contribution in [3.63, 3.8) is 0 Å². The minimum Gasteiger partial charge on any atom is -0.477 e. The van der Waals surface area contributed by atoms with Crippen LogP contribution in [0.5, 0.6) is 0 Å². The maximum Gasteiger partial charge on any atom is 0.354 e. The molecule has 0 aliphatic carbocycles. The molecule has 0 aliphatic rings. The van der Waals surface area contributed by atoms with E-state index in [-0.39, 0.29) is 17.4 Å². The molecular weight excluding hydrogens is 294 g/mol. The lowest BCUT2D eigenvalue weighted by Gasteiger charge is -2.14. The quantitative estimate of drug-likeness (QED) is 0.907. The Morgan fingerprint density at radius 2 is 1.95 bits per heavy atom. The number of nitrogens with zero attached hydrogens (tertiary/aromatic N) is 2. The Kier molecular flexibility index (Phi) is 4.28. The fraction of sp³-hybridized carbons (Fsp3) is 0.214. The molecule has 2 rings (SSSR count). The van der Waals surface area contributed by atoms with E-state index in [4.69, 9.17) is 11.6 Å². The average Bonchev–Trinajstić information content (AvgIpc) is 2.92. The highest BCUT2D eigenvalue weighted by molar-refractivity contribution is 6.30. The Labute approximate surface area is 126 Å². The number of carbonyl (C=O) groups excluding carboxylic acids is 1. The Morgan fingerprint density at radius 3 is 2.48 bits per heavy atom. The van der Waals surface area contributed by atoms with Gasteiger partial charge in [0.2, 0.25) is 0 Å². The van der Waals surface area contributed by atoms with Gasteiger partial charge in [-0.05, 0) is 24.6 Å². The molecule has 0 aliphatic heterocycles. The highest BCUT2D eigenvalue weighted by atomic mass is 35.5. The molecule has 1 unspecified atom stereocenters. The molecule has 0 saturated carbocycles. The number of hydrogen-bond donors (Lipinski definition) is 2. The van der Waals surface area contributed by atoms with Crippen LogP contribution in [0.25, 0.3) is 0 Å². The molecule has 0 spiro atoms. The van der Waals surface area contributed by atoms with E-state index in [0.29, 0.717) is 5.02 Å². The van der Waals surface area contributed by atoms with Gasteiger partial charge in [0.25, 0.3) is 5.91 Å². The lowest BCUT2D eigenvalue weighted by molar-refractivity contribution is 0.0681. The summed E-state index contributed by atoms with van der Waals surface area (Å²) in [4.78, 5) is 22.9. The van der Waals surface area contributed by atoms with Crippen molar-refractivity contribution in [2.45, 2.75) is 13.0 Å². The van der Waals surface area contributed by atoms with Gasteiger partial charge in [-0.15, -0.1) is 0 Å². The molecule has 1 atom stereocenters. The molecule has 0 radical (unpaired) electrons. The molecule has 1 aromatic heterocycles. The van der Waals surface area contributed by atoms with Gasteiger partial charge in [-0.1, -0.05) is 23.7 Å². The number of carboxylic acid groups (broad SMARTS) is 1. The van der Waals surface area contributed by atoms with Crippen LogP contribution in [-0.2, 0) is 0 Å². The van der Waals surface area contributed by atoms with Crippen molar-refractivity contribution in [2.75, 3.05) is 7.05 Å². The number of carboxylic acids is 1. The second kappa shape index (κ2) is 5.97. The van der Waals surface area contributed by atoms with Gasteiger partial charge in [0.1, 0.15) is 5.69 Å². The minimum atomic E-state index is -1.14. The summed E-state index contributed by atoms with van der Waals surface area (Å²) in [5.41, 5.74) is 0.861. The van der Waals surface area contributed by atoms with Crippen molar-refractivity contribution >= 4 is 23.5 Å². The number of amides is 1. The number of nitrogens with one attached hydrogen (secondary N) is 1. The van der Waals surface area contributed by atoms with E-state index in [2.05, 4.69) is 10.4 Å². The lowest BCUT2D eigenvalue weighted by Crippen LogP contribution is -2.19. The number of aromatic nitrogens is 2. The van der Waals surface area contributed by atoms with Gasteiger partial charge in [-0.3, -0.25) is 9.48 Å². The van der Waals surface area contributed by atoms with E-state index >= 15 is 0 Å². The number of benzene rings is 1. The highest BCUT2D eigenvalue weighted by Crippen LogP contribution is 2.22. The maximum atomic E-state index is 11.6. The molecule has 0 bridgehead atoms. The van der Waals surface area contributed by atoms with Crippen LogP contribution in [-0.4, -0.2) is 33.8 Å². The standard InChI is InChI=1S/C14H14ClN3O3/c1-8(9-3-5-10(15)6-4-9)18-12(14(20)21)7-11(17-18)13(19)16-2/h3-8H,1-2H3,(H,16,19)(H,20,21). The van der Waals surface area contributed by atoms with Gasteiger partial charge in [0.15, 0.2) is 5.69 Å². The van der Waals surface area contributed by atoms with Gasteiger partial charge in [-0.25, -0.2) is 4.79 Å². The van der Waals surface area contributed by atoms with Gasteiger partial charge in [0, 0.05) is 18.1 Å². The molecule has 2 aromatic rings. The number of halogens is 1. The van der Waals surface area contributed by atoms with Crippen LogP contribution in [0.2, 0.25) is 5.02 Å². The zero-order valence-corrected chi connectivity index (χ0v) is 12.3. The van der Waals surface area contributed by atoms with Gasteiger partial charge >= 0.3 is 5.97 Å². The van der Waals surface area contributed by atoms with E-state index < -0.39 is 11.9 Å². The molecule has 1 heterocycles. The van der Waals surface area contributed by atoms with E-state index in [0.717, 1.165) is 5.56 Å². The van der Waals surface area contributed by atoms with Crippen LogP contribution >= 0.6 is 11.6 Å². The summed E-state index contributed by atoms with van der Waals surface area (Å²) in [6.07, 6.45) is 0. The van der Waals surface area contributed by atoms with E-state index in [1.807, 2.05) is 0 Å². The van der Waals surface area contributed by atoms with Crippen LogP contribution in [0, 0.1) is 0 Å². The lowest BCUT2D eigenvalue weighted by atomic mass is 10.1. The van der Waals surface area contributed by atoms with E-state index in [9.17, 15) is 14.7 Å². The van der Waals surface area contributed by atoms with Gasteiger partial charge < -0.3 is 10.4 Å². The summed E-state index contributed by atoms with van der Waals surface area (Å²) >= 11 is 5.84. The largest absolute Gasteiger partial charge is 0.477 e. The molecule has 110 valence electrons. The number of rotatable bonds is 4. The van der Waals surface area contributed by atoms with Gasteiger partial charge in [0.05, 0.1) is 6.04 Å². The third-order valence-electron chi connectivity index (χ3n) is 3.13. The van der Waals surface area contributed by atoms with Crippen LogP contribution in [0.15, 0.2) is 30.3 Å². The second-order valence-electron chi connectivity index (χ2n) is 4.47. The topological polar surface area (TPSA) is 84.2 Å². The molecule has 21 heavy (non-hydrogen) atoms. The molecule has 7 heteroatoms. The normalized spacial score (nSPS) is 12.0. The SMILES string of the molecule is CNC(=O)c1cc(C(=O)O)n(C(C)c2ccc(Cl)cc2)n1. The molecule has 0 fully saturated rings. The van der Waals surface area contributed by atoms with Crippen molar-refractivity contribution in [1.29, 1.82) is 0 Å². The Balaban J connectivity index is 2.46. The first-order valence-electron chi connectivity index (χ1n) is 6.24. The predicted molar refractivity (Wildman–Crippen MR) is 77.8 cm³/mol. The van der Waals surface area contributed by atoms with Crippen LogP contribution < -0.4 is 5.32 Å². The summed E-state index contributed by atoms with van der Waals surface area (Å²) in [7, 11) is 1.46. The fourth-order valence-electron chi connectivity index (χ4n) is 1.97. The van der Waals surface area contributed by atoms with E-state index in [1.54, 1.807) is 31.2 Å². The van der Waals surface area contributed by atoms with Crippen molar-refractivity contribution in [3.8, 4) is 0 Å². The summed E-state index contributed by atoms with van der Waals surface area (Å²) in [6, 6.07) is 7.94. The first-order chi connectivity index (χ1) is 9.93. The fourth-order valence-corrected chi connectivity index (χ4v) is 2.10. The van der Waals surface area contributed by atoms with Crippen LogP contribution in [0.3, 0.4) is 0 Å². The molecule has 6 nitrogen and oxygen atoms in total. The average molecular weight is 308 g/mol. The van der Waals surface area contributed by atoms with E-state index in [1.165, 1.54) is 17.8 Å². The molecule has 1 aromatic carbocycles. The zero-order valence-electron chi connectivity index (χ0n) is 11.5.